The second kappa shape index (κ2) is 7.23. The molecule has 0 aliphatic carbocycles. The van der Waals surface area contributed by atoms with Crippen molar-refractivity contribution in [3.8, 4) is 11.5 Å². The zero-order chi connectivity index (χ0) is 16.2. The van der Waals surface area contributed by atoms with Crippen LogP contribution in [0.15, 0.2) is 0 Å². The molecule has 20 heavy (non-hydrogen) atoms. The molecule has 0 saturated carbocycles. The average molecular weight is 317 g/mol. The van der Waals surface area contributed by atoms with Crippen LogP contribution >= 0.6 is 0 Å². The van der Waals surface area contributed by atoms with Crippen molar-refractivity contribution in [1.82, 2.24) is 0 Å². The van der Waals surface area contributed by atoms with E-state index in [4.69, 9.17) is 9.53 Å². The number of hydrogen-bond acceptors (Lipinski definition) is 3. The Morgan fingerprint density at radius 1 is 1.10 bits per heavy atom. The molecule has 0 aromatic heterocycles. The highest BCUT2D eigenvalue weighted by Crippen LogP contribution is 2.37. The van der Waals surface area contributed by atoms with Crippen LogP contribution in [-0.2, 0) is 4.43 Å². The van der Waals surface area contributed by atoms with Crippen molar-refractivity contribution >= 4 is 16.4 Å². The van der Waals surface area contributed by atoms with Gasteiger partial charge in [0.15, 0.2) is 8.32 Å². The zero-order valence-electron chi connectivity index (χ0n) is 14.4. The van der Waals surface area contributed by atoms with E-state index in [1.165, 1.54) is 0 Å². The van der Waals surface area contributed by atoms with Gasteiger partial charge in [-0.15, -0.1) is 5.54 Å². The molecule has 0 radical (unpaired) electrons. The van der Waals surface area contributed by atoms with Crippen molar-refractivity contribution in [3.05, 3.63) is 0 Å². The standard InChI is InChI=1S/C15H32O3Si2/c1-15(2,3)20(7,8)18-14(11-13(17)12-16)9-10-19(4,5)6/h13-14,16-17H,11-12H2,1-8H3/t13-,14+/m1/s1. The van der Waals surface area contributed by atoms with Crippen molar-refractivity contribution < 1.29 is 14.6 Å². The van der Waals surface area contributed by atoms with E-state index in [1.54, 1.807) is 0 Å². The summed E-state index contributed by atoms with van der Waals surface area (Å²) >= 11 is 0. The Morgan fingerprint density at radius 2 is 1.60 bits per heavy atom. The molecule has 0 bridgehead atoms. The van der Waals surface area contributed by atoms with E-state index in [0.29, 0.717) is 6.42 Å². The van der Waals surface area contributed by atoms with Gasteiger partial charge >= 0.3 is 0 Å². The molecule has 0 saturated heterocycles. The van der Waals surface area contributed by atoms with Gasteiger partial charge in [0.1, 0.15) is 14.2 Å². The summed E-state index contributed by atoms with van der Waals surface area (Å²) in [6.07, 6.45) is -0.675. The Balaban J connectivity index is 5.08. The summed E-state index contributed by atoms with van der Waals surface area (Å²) in [4.78, 5) is 0. The number of hydrogen-bond donors (Lipinski definition) is 2. The number of rotatable bonds is 5. The molecule has 0 aromatic rings. The maximum Gasteiger partial charge on any atom is 0.193 e. The third-order valence-electron chi connectivity index (χ3n) is 3.55. The van der Waals surface area contributed by atoms with Crippen LogP contribution in [0.2, 0.25) is 37.8 Å². The molecule has 0 rings (SSSR count). The Bertz CT molecular complexity index is 356. The minimum absolute atomic E-state index is 0.107. The predicted octanol–water partition coefficient (Wildman–Crippen LogP) is 3.00. The van der Waals surface area contributed by atoms with Crippen LogP contribution in [0.1, 0.15) is 27.2 Å². The fraction of sp³-hybridized carbons (Fsp3) is 0.867. The van der Waals surface area contributed by atoms with Gasteiger partial charge in [-0.3, -0.25) is 0 Å². The molecular weight excluding hydrogens is 284 g/mol. The molecular formula is C15H32O3Si2. The van der Waals surface area contributed by atoms with Crippen LogP contribution in [0, 0.1) is 11.5 Å². The second-order valence-electron chi connectivity index (χ2n) is 7.96. The van der Waals surface area contributed by atoms with Gasteiger partial charge in [-0.25, -0.2) is 0 Å². The highest BCUT2D eigenvalue weighted by atomic mass is 28.4. The molecule has 5 heteroatoms. The minimum atomic E-state index is -1.92. The van der Waals surface area contributed by atoms with E-state index < -0.39 is 22.5 Å². The highest BCUT2D eigenvalue weighted by Gasteiger charge is 2.39. The summed E-state index contributed by atoms with van der Waals surface area (Å²) in [5.41, 5.74) is 3.32. The molecule has 3 nitrogen and oxygen atoms in total. The molecule has 0 fully saturated rings. The Labute approximate surface area is 126 Å². The fourth-order valence-electron chi connectivity index (χ4n) is 1.29. The maximum atomic E-state index is 9.69. The van der Waals surface area contributed by atoms with E-state index in [0.717, 1.165) is 0 Å². The second-order valence-corrected chi connectivity index (χ2v) is 17.5. The normalized spacial score (nSPS) is 16.3. The first kappa shape index (κ1) is 19.9. The molecule has 2 atom stereocenters. The summed E-state index contributed by atoms with van der Waals surface area (Å²) in [5, 5.41) is 18.8. The molecule has 0 heterocycles. The van der Waals surface area contributed by atoms with Crippen LogP contribution in [0.25, 0.3) is 0 Å². The molecule has 118 valence electrons. The van der Waals surface area contributed by atoms with Gasteiger partial charge < -0.3 is 14.6 Å². The SMILES string of the molecule is CC(C)(C)[Si](C)(C)O[C@@H](C#C[Si](C)(C)C)C[C@@H](O)CO. The third kappa shape index (κ3) is 7.60. The van der Waals surface area contributed by atoms with E-state index >= 15 is 0 Å². The lowest BCUT2D eigenvalue weighted by Crippen LogP contribution is -2.44. The van der Waals surface area contributed by atoms with Crippen LogP contribution in [0.5, 0.6) is 0 Å². The van der Waals surface area contributed by atoms with E-state index in [2.05, 4.69) is 65.0 Å². The van der Waals surface area contributed by atoms with Gasteiger partial charge in [-0.2, -0.15) is 0 Å². The van der Waals surface area contributed by atoms with Crippen molar-refractivity contribution in [2.24, 2.45) is 0 Å². The quantitative estimate of drug-likeness (QED) is 0.605. The molecule has 0 unspecified atom stereocenters. The summed E-state index contributed by atoms with van der Waals surface area (Å²) in [7, 11) is -3.40. The van der Waals surface area contributed by atoms with Crippen LogP contribution in [0.3, 0.4) is 0 Å². The maximum absolute atomic E-state index is 9.69. The first-order chi connectivity index (χ1) is 8.78. The Hall–Kier alpha value is -0.126. The summed E-state index contributed by atoms with van der Waals surface area (Å²) in [6, 6.07) is 0. The third-order valence-corrected chi connectivity index (χ3v) is 8.93. The summed E-state index contributed by atoms with van der Waals surface area (Å²) in [6.45, 7) is 17.2. The minimum Gasteiger partial charge on any atom is -0.403 e. The van der Waals surface area contributed by atoms with Crippen LogP contribution in [-0.4, -0.2) is 45.4 Å². The monoisotopic (exact) mass is 316 g/mol. The molecule has 0 aromatic carbocycles. The predicted molar refractivity (Wildman–Crippen MR) is 90.9 cm³/mol. The molecule has 0 spiro atoms. The molecule has 0 aliphatic rings. The number of aliphatic hydroxyl groups excluding tert-OH is 2. The van der Waals surface area contributed by atoms with Crippen molar-refractivity contribution in [3.63, 3.8) is 0 Å². The lowest BCUT2D eigenvalue weighted by molar-refractivity contribution is 0.0605. The van der Waals surface area contributed by atoms with Gasteiger partial charge in [0.05, 0.1) is 12.7 Å². The van der Waals surface area contributed by atoms with Gasteiger partial charge in [0, 0.05) is 6.42 Å². The van der Waals surface area contributed by atoms with Gasteiger partial charge in [0.2, 0.25) is 0 Å². The molecule has 0 amide bonds. The summed E-state index contributed by atoms with van der Waals surface area (Å²) < 4.78 is 6.29. The van der Waals surface area contributed by atoms with Gasteiger partial charge in [0.25, 0.3) is 0 Å². The number of aliphatic hydroxyl groups is 2. The topological polar surface area (TPSA) is 49.7 Å². The van der Waals surface area contributed by atoms with Crippen molar-refractivity contribution in [2.75, 3.05) is 6.61 Å². The first-order valence-electron chi connectivity index (χ1n) is 7.28. The van der Waals surface area contributed by atoms with Gasteiger partial charge in [-0.1, -0.05) is 46.3 Å². The van der Waals surface area contributed by atoms with Gasteiger partial charge in [-0.05, 0) is 18.1 Å². The lowest BCUT2D eigenvalue weighted by Gasteiger charge is -2.38. The fourth-order valence-corrected chi connectivity index (χ4v) is 3.10. The smallest absolute Gasteiger partial charge is 0.193 e. The van der Waals surface area contributed by atoms with Crippen molar-refractivity contribution in [2.45, 2.75) is 77.2 Å². The van der Waals surface area contributed by atoms with E-state index in [1.807, 2.05) is 0 Å². The van der Waals surface area contributed by atoms with Crippen LogP contribution < -0.4 is 0 Å². The van der Waals surface area contributed by atoms with Crippen molar-refractivity contribution in [1.29, 1.82) is 0 Å². The Morgan fingerprint density at radius 3 is 1.95 bits per heavy atom. The lowest BCUT2D eigenvalue weighted by atomic mass is 10.2. The molecule has 2 N–H and O–H groups in total. The average Bonchev–Trinajstić information content (AvgIpc) is 2.22. The Kier molecular flexibility index (Phi) is 7.19. The summed E-state index contributed by atoms with van der Waals surface area (Å²) in [5.74, 6) is 3.21. The highest BCUT2D eigenvalue weighted by molar-refractivity contribution is 6.83. The van der Waals surface area contributed by atoms with Crippen LogP contribution in [0.4, 0.5) is 0 Å². The zero-order valence-corrected chi connectivity index (χ0v) is 16.4. The largest absolute Gasteiger partial charge is 0.403 e. The molecule has 0 aliphatic heterocycles. The van der Waals surface area contributed by atoms with E-state index in [-0.39, 0.29) is 17.7 Å². The first-order valence-corrected chi connectivity index (χ1v) is 13.7. The van der Waals surface area contributed by atoms with E-state index in [9.17, 15) is 5.11 Å².